The molecule has 0 bridgehead atoms. The molecular weight excluding hydrogens is 327 g/mol. The number of carboxylic acids is 1. The van der Waals surface area contributed by atoms with Gasteiger partial charge in [-0.15, -0.1) is 0 Å². The fraction of sp³-hybridized carbons (Fsp3) is 0.167. The maximum atomic E-state index is 12.9. The number of halogens is 1. The summed E-state index contributed by atoms with van der Waals surface area (Å²) in [7, 11) is 1.46. The molecule has 25 heavy (non-hydrogen) atoms. The van der Waals surface area contributed by atoms with Crippen LogP contribution in [-0.4, -0.2) is 29.8 Å². The minimum absolute atomic E-state index is 0.188. The Morgan fingerprint density at radius 2 is 1.80 bits per heavy atom. The van der Waals surface area contributed by atoms with Crippen LogP contribution in [0.1, 0.15) is 28.4 Å². The van der Waals surface area contributed by atoms with Crippen LogP contribution in [0.15, 0.2) is 47.6 Å². The summed E-state index contributed by atoms with van der Waals surface area (Å²) in [6.07, 6.45) is -0.188. The highest BCUT2D eigenvalue weighted by atomic mass is 19.1. The summed E-state index contributed by atoms with van der Waals surface area (Å²) in [4.78, 5) is 22.9. The first-order valence-electron chi connectivity index (χ1n) is 7.40. The lowest BCUT2D eigenvalue weighted by Crippen LogP contribution is -2.19. The van der Waals surface area contributed by atoms with Crippen molar-refractivity contribution in [2.24, 2.45) is 5.10 Å². The van der Waals surface area contributed by atoms with Gasteiger partial charge in [-0.2, -0.15) is 5.10 Å². The lowest BCUT2D eigenvalue weighted by atomic mass is 10.0. The molecule has 130 valence electrons. The zero-order valence-corrected chi connectivity index (χ0v) is 13.7. The van der Waals surface area contributed by atoms with Gasteiger partial charge in [0.25, 0.3) is 5.91 Å². The molecule has 0 aliphatic carbocycles. The number of ether oxygens (including phenoxy) is 1. The molecule has 0 atom stereocenters. The fourth-order valence-electron chi connectivity index (χ4n) is 2.17. The van der Waals surface area contributed by atoms with E-state index in [1.165, 1.54) is 31.4 Å². The van der Waals surface area contributed by atoms with E-state index >= 15 is 0 Å². The molecule has 7 heteroatoms. The predicted octanol–water partition coefficient (Wildman–Crippen LogP) is 2.62. The highest BCUT2D eigenvalue weighted by Crippen LogP contribution is 2.21. The molecule has 0 saturated heterocycles. The van der Waals surface area contributed by atoms with Crippen molar-refractivity contribution in [2.45, 2.75) is 13.3 Å². The number of hydrogen-bond acceptors (Lipinski definition) is 4. The van der Waals surface area contributed by atoms with Gasteiger partial charge >= 0.3 is 5.97 Å². The van der Waals surface area contributed by atoms with Crippen molar-refractivity contribution in [2.75, 3.05) is 7.11 Å². The molecule has 0 aromatic heterocycles. The maximum absolute atomic E-state index is 12.9. The summed E-state index contributed by atoms with van der Waals surface area (Å²) in [5.74, 6) is -1.41. The number of rotatable bonds is 6. The Balaban J connectivity index is 2.17. The van der Waals surface area contributed by atoms with Gasteiger partial charge in [0.05, 0.1) is 19.2 Å². The predicted molar refractivity (Wildman–Crippen MR) is 90.4 cm³/mol. The van der Waals surface area contributed by atoms with Crippen molar-refractivity contribution >= 4 is 17.6 Å². The zero-order valence-electron chi connectivity index (χ0n) is 13.7. The highest BCUT2D eigenvalue weighted by Gasteiger charge is 2.10. The van der Waals surface area contributed by atoms with Crippen molar-refractivity contribution < 1.29 is 23.8 Å². The van der Waals surface area contributed by atoms with Gasteiger partial charge in [0.1, 0.15) is 11.6 Å². The molecule has 1 amide bonds. The van der Waals surface area contributed by atoms with Crippen LogP contribution in [0.4, 0.5) is 4.39 Å². The summed E-state index contributed by atoms with van der Waals surface area (Å²) in [5, 5.41) is 13.0. The first-order chi connectivity index (χ1) is 11.9. The quantitative estimate of drug-likeness (QED) is 0.623. The largest absolute Gasteiger partial charge is 0.496 e. The SMILES string of the molecule is COc1ccc(/C(C)=N\NC(=O)c2ccc(F)cc2)cc1CC(=O)O. The second-order valence-corrected chi connectivity index (χ2v) is 5.24. The van der Waals surface area contributed by atoms with E-state index in [-0.39, 0.29) is 12.0 Å². The van der Waals surface area contributed by atoms with Crippen LogP contribution >= 0.6 is 0 Å². The maximum Gasteiger partial charge on any atom is 0.307 e. The smallest absolute Gasteiger partial charge is 0.307 e. The van der Waals surface area contributed by atoms with Gasteiger partial charge in [-0.25, -0.2) is 9.82 Å². The number of methoxy groups -OCH3 is 1. The number of amides is 1. The average molecular weight is 344 g/mol. The monoisotopic (exact) mass is 344 g/mol. The topological polar surface area (TPSA) is 88.0 Å². The second-order valence-electron chi connectivity index (χ2n) is 5.24. The Hall–Kier alpha value is -3.22. The van der Waals surface area contributed by atoms with Crippen LogP contribution in [-0.2, 0) is 11.2 Å². The summed E-state index contributed by atoms with van der Waals surface area (Å²) < 4.78 is 18.0. The van der Waals surface area contributed by atoms with Crippen molar-refractivity contribution in [1.82, 2.24) is 5.43 Å². The number of hydrazone groups is 1. The zero-order chi connectivity index (χ0) is 18.4. The molecule has 0 unspecified atom stereocenters. The van der Waals surface area contributed by atoms with E-state index in [0.717, 1.165) is 0 Å². The Morgan fingerprint density at radius 3 is 2.40 bits per heavy atom. The van der Waals surface area contributed by atoms with Crippen LogP contribution < -0.4 is 10.2 Å². The molecule has 0 aliphatic heterocycles. The third-order valence-electron chi connectivity index (χ3n) is 3.47. The number of hydrogen-bond donors (Lipinski definition) is 2. The number of aliphatic carboxylic acids is 1. The molecule has 0 spiro atoms. The van der Waals surface area contributed by atoms with E-state index < -0.39 is 17.7 Å². The molecule has 2 aromatic rings. The van der Waals surface area contributed by atoms with Crippen molar-refractivity contribution in [3.05, 3.63) is 65.0 Å². The number of carbonyl (C=O) groups is 2. The van der Waals surface area contributed by atoms with E-state index in [1.807, 2.05) is 0 Å². The Labute approximate surface area is 143 Å². The van der Waals surface area contributed by atoms with E-state index in [9.17, 15) is 14.0 Å². The molecule has 0 fully saturated rings. The van der Waals surface area contributed by atoms with Gasteiger partial charge < -0.3 is 9.84 Å². The van der Waals surface area contributed by atoms with Crippen molar-refractivity contribution in [1.29, 1.82) is 0 Å². The minimum atomic E-state index is -0.977. The molecule has 0 saturated carbocycles. The van der Waals surface area contributed by atoms with Gasteiger partial charge in [-0.1, -0.05) is 0 Å². The molecule has 2 rings (SSSR count). The Bertz CT molecular complexity index is 816. The Morgan fingerprint density at radius 1 is 1.16 bits per heavy atom. The summed E-state index contributed by atoms with van der Waals surface area (Å²) >= 11 is 0. The van der Waals surface area contributed by atoms with E-state index in [0.29, 0.717) is 22.6 Å². The van der Waals surface area contributed by atoms with E-state index in [2.05, 4.69) is 10.5 Å². The van der Waals surface area contributed by atoms with Crippen LogP contribution in [0.5, 0.6) is 5.75 Å². The summed E-state index contributed by atoms with van der Waals surface area (Å²) in [6.45, 7) is 1.68. The van der Waals surface area contributed by atoms with E-state index in [4.69, 9.17) is 9.84 Å². The first-order valence-corrected chi connectivity index (χ1v) is 7.40. The van der Waals surface area contributed by atoms with E-state index in [1.54, 1.807) is 25.1 Å². The molecule has 2 N–H and O–H groups in total. The van der Waals surface area contributed by atoms with Gasteiger partial charge in [0, 0.05) is 11.1 Å². The highest BCUT2D eigenvalue weighted by molar-refractivity contribution is 6.01. The number of carboxylic acid groups (broad SMARTS) is 1. The third kappa shape index (κ3) is 4.87. The van der Waals surface area contributed by atoms with Gasteiger partial charge in [0.2, 0.25) is 0 Å². The minimum Gasteiger partial charge on any atom is -0.496 e. The van der Waals surface area contributed by atoms with Gasteiger partial charge in [-0.05, 0) is 55.0 Å². The third-order valence-corrected chi connectivity index (χ3v) is 3.47. The number of nitrogens with zero attached hydrogens (tertiary/aromatic N) is 1. The molecule has 6 nitrogen and oxygen atoms in total. The Kier molecular flexibility index (Phi) is 5.84. The van der Waals surface area contributed by atoms with Crippen LogP contribution in [0.2, 0.25) is 0 Å². The first kappa shape index (κ1) is 18.1. The number of nitrogens with one attached hydrogen (secondary N) is 1. The fourth-order valence-corrected chi connectivity index (χ4v) is 2.17. The van der Waals surface area contributed by atoms with Crippen LogP contribution in [0.3, 0.4) is 0 Å². The van der Waals surface area contributed by atoms with Crippen molar-refractivity contribution in [3.8, 4) is 5.75 Å². The number of carbonyl (C=O) groups excluding carboxylic acids is 1. The summed E-state index contributed by atoms with van der Waals surface area (Å²) in [5.41, 5.74) is 4.31. The van der Waals surface area contributed by atoms with Crippen LogP contribution in [0.25, 0.3) is 0 Å². The van der Waals surface area contributed by atoms with Gasteiger partial charge in [0.15, 0.2) is 0 Å². The lowest BCUT2D eigenvalue weighted by Gasteiger charge is -2.09. The number of benzene rings is 2. The van der Waals surface area contributed by atoms with Crippen LogP contribution in [0, 0.1) is 5.82 Å². The van der Waals surface area contributed by atoms with Gasteiger partial charge in [-0.3, -0.25) is 9.59 Å². The van der Waals surface area contributed by atoms with Crippen molar-refractivity contribution in [3.63, 3.8) is 0 Å². The molecule has 0 radical (unpaired) electrons. The standard InChI is InChI=1S/C18H17FN2O4/c1-11(20-21-18(24)12-3-6-15(19)7-4-12)13-5-8-16(25-2)14(9-13)10-17(22)23/h3-9H,10H2,1-2H3,(H,21,24)(H,22,23)/b20-11-. The lowest BCUT2D eigenvalue weighted by molar-refractivity contribution is -0.136. The average Bonchev–Trinajstić information content (AvgIpc) is 2.59. The molecule has 0 aliphatic rings. The normalized spacial score (nSPS) is 11.1. The molecular formula is C18H17FN2O4. The molecule has 0 heterocycles. The second kappa shape index (κ2) is 8.05. The summed E-state index contributed by atoms with van der Waals surface area (Å²) in [6, 6.07) is 10.1. The molecule has 2 aromatic carbocycles.